The van der Waals surface area contributed by atoms with Crippen LogP contribution in [-0.4, -0.2) is 36.2 Å². The second-order valence-corrected chi connectivity index (χ2v) is 5.82. The summed E-state index contributed by atoms with van der Waals surface area (Å²) in [5.41, 5.74) is 7.23. The molecule has 3 heteroatoms. The Bertz CT molecular complexity index is 370. The monoisotopic (exact) mass is 262 g/mol. The van der Waals surface area contributed by atoms with Gasteiger partial charge in [-0.05, 0) is 32.3 Å². The van der Waals surface area contributed by atoms with E-state index in [4.69, 9.17) is 10.5 Å². The lowest BCUT2D eigenvalue weighted by atomic mass is 9.90. The van der Waals surface area contributed by atoms with Crippen molar-refractivity contribution in [2.75, 3.05) is 19.6 Å². The molecule has 0 radical (unpaired) electrons. The van der Waals surface area contributed by atoms with Gasteiger partial charge in [-0.3, -0.25) is 4.90 Å². The van der Waals surface area contributed by atoms with Gasteiger partial charge >= 0.3 is 0 Å². The molecule has 2 N–H and O–H groups in total. The lowest BCUT2D eigenvalue weighted by Gasteiger charge is -2.42. The van der Waals surface area contributed by atoms with Crippen LogP contribution in [0, 0.1) is 0 Å². The second-order valence-electron chi connectivity index (χ2n) is 5.82. The number of ether oxygens (including phenoxy) is 1. The Morgan fingerprint density at radius 2 is 1.84 bits per heavy atom. The summed E-state index contributed by atoms with van der Waals surface area (Å²) in [7, 11) is 0. The minimum Gasteiger partial charge on any atom is -0.371 e. The third kappa shape index (κ3) is 4.03. The van der Waals surface area contributed by atoms with Crippen molar-refractivity contribution >= 4 is 0 Å². The normalized spacial score (nSPS) is 19.8. The Balaban J connectivity index is 1.88. The molecular weight excluding hydrogens is 236 g/mol. The summed E-state index contributed by atoms with van der Waals surface area (Å²) < 4.78 is 6.07. The molecule has 1 saturated heterocycles. The minimum absolute atomic E-state index is 0.0959. The van der Waals surface area contributed by atoms with Gasteiger partial charge in [0.25, 0.3) is 0 Å². The van der Waals surface area contributed by atoms with Crippen LogP contribution in [0.2, 0.25) is 0 Å². The van der Waals surface area contributed by atoms with E-state index in [1.807, 2.05) is 0 Å². The number of hydrogen-bond acceptors (Lipinski definition) is 3. The lowest BCUT2D eigenvalue weighted by Crippen LogP contribution is -2.51. The van der Waals surface area contributed by atoms with Crippen molar-refractivity contribution in [3.63, 3.8) is 0 Å². The zero-order valence-corrected chi connectivity index (χ0v) is 12.1. The van der Waals surface area contributed by atoms with Crippen LogP contribution < -0.4 is 5.73 Å². The first-order valence-corrected chi connectivity index (χ1v) is 7.28. The molecule has 0 aliphatic carbocycles. The Kier molecular flexibility index (Phi) is 4.97. The van der Waals surface area contributed by atoms with E-state index in [9.17, 15) is 0 Å². The van der Waals surface area contributed by atoms with Crippen molar-refractivity contribution in [3.05, 3.63) is 35.9 Å². The van der Waals surface area contributed by atoms with Crippen LogP contribution in [0.1, 0.15) is 32.3 Å². The number of likely N-dealkylation sites (tertiary alicyclic amines) is 1. The highest BCUT2D eigenvalue weighted by Gasteiger charge is 2.34. The van der Waals surface area contributed by atoms with E-state index in [0.29, 0.717) is 6.54 Å². The average Bonchev–Trinajstić information content (AvgIpc) is 2.42. The van der Waals surface area contributed by atoms with Gasteiger partial charge in [0.15, 0.2) is 0 Å². The third-order valence-corrected chi connectivity index (χ3v) is 3.87. The van der Waals surface area contributed by atoms with Crippen molar-refractivity contribution in [1.29, 1.82) is 0 Å². The number of nitrogens with zero attached hydrogens (tertiary/aromatic N) is 1. The van der Waals surface area contributed by atoms with Crippen LogP contribution in [0.15, 0.2) is 30.3 Å². The Hall–Kier alpha value is -0.900. The number of nitrogens with two attached hydrogens (primary N) is 1. The average molecular weight is 262 g/mol. The molecule has 0 unspecified atom stereocenters. The maximum absolute atomic E-state index is 6.07. The fourth-order valence-electron chi connectivity index (χ4n) is 2.83. The summed E-state index contributed by atoms with van der Waals surface area (Å²) in [6.07, 6.45) is 2.33. The molecule has 2 rings (SSSR count). The lowest BCUT2D eigenvalue weighted by molar-refractivity contribution is -0.106. The van der Waals surface area contributed by atoms with Crippen LogP contribution in [-0.2, 0) is 11.3 Å². The highest BCUT2D eigenvalue weighted by molar-refractivity contribution is 5.14. The van der Waals surface area contributed by atoms with Crippen molar-refractivity contribution in [2.45, 2.75) is 44.9 Å². The molecule has 0 aromatic heterocycles. The highest BCUT2D eigenvalue weighted by atomic mass is 16.5. The van der Waals surface area contributed by atoms with Gasteiger partial charge in [0.1, 0.15) is 0 Å². The number of rotatable bonds is 5. The molecule has 1 aromatic rings. The first-order valence-electron chi connectivity index (χ1n) is 7.28. The van der Waals surface area contributed by atoms with Crippen molar-refractivity contribution in [1.82, 2.24) is 4.90 Å². The molecule has 19 heavy (non-hydrogen) atoms. The predicted octanol–water partition coefficient (Wildman–Crippen LogP) is 2.40. The molecule has 0 spiro atoms. The van der Waals surface area contributed by atoms with E-state index < -0.39 is 0 Å². The van der Waals surface area contributed by atoms with E-state index in [-0.39, 0.29) is 11.7 Å². The molecule has 1 fully saturated rings. The Labute approximate surface area is 116 Å². The smallest absolute Gasteiger partial charge is 0.0831 e. The summed E-state index contributed by atoms with van der Waals surface area (Å²) in [6.45, 7) is 7.98. The number of benzene rings is 1. The van der Waals surface area contributed by atoms with Gasteiger partial charge in [-0.2, -0.15) is 0 Å². The molecule has 3 nitrogen and oxygen atoms in total. The topological polar surface area (TPSA) is 38.5 Å². The van der Waals surface area contributed by atoms with E-state index in [2.05, 4.69) is 49.1 Å². The Morgan fingerprint density at radius 3 is 2.37 bits per heavy atom. The summed E-state index contributed by atoms with van der Waals surface area (Å²) >= 11 is 0. The summed E-state index contributed by atoms with van der Waals surface area (Å²) in [6, 6.07) is 10.6. The molecule has 0 atom stereocenters. The molecule has 1 aromatic carbocycles. The molecule has 106 valence electrons. The van der Waals surface area contributed by atoms with Gasteiger partial charge in [0.2, 0.25) is 0 Å². The molecule has 1 aliphatic heterocycles. The van der Waals surface area contributed by atoms with E-state index in [0.717, 1.165) is 32.5 Å². The molecule has 1 aliphatic rings. The highest BCUT2D eigenvalue weighted by Crippen LogP contribution is 2.27. The van der Waals surface area contributed by atoms with Crippen LogP contribution in [0.25, 0.3) is 0 Å². The maximum Gasteiger partial charge on any atom is 0.0831 e. The number of hydrogen-bond donors (Lipinski definition) is 1. The maximum atomic E-state index is 6.07. The molecular formula is C16H26N2O. The quantitative estimate of drug-likeness (QED) is 0.885. The fraction of sp³-hybridized carbons (Fsp3) is 0.625. The predicted molar refractivity (Wildman–Crippen MR) is 79.0 cm³/mol. The van der Waals surface area contributed by atoms with Crippen molar-refractivity contribution in [3.8, 4) is 0 Å². The molecule has 1 heterocycles. The molecule has 0 saturated carbocycles. The van der Waals surface area contributed by atoms with Gasteiger partial charge in [-0.1, -0.05) is 30.3 Å². The summed E-state index contributed by atoms with van der Waals surface area (Å²) in [5, 5.41) is 0. The van der Waals surface area contributed by atoms with Gasteiger partial charge in [0.05, 0.1) is 11.7 Å². The van der Waals surface area contributed by atoms with E-state index >= 15 is 0 Å². The van der Waals surface area contributed by atoms with Crippen molar-refractivity contribution in [2.24, 2.45) is 5.73 Å². The van der Waals surface area contributed by atoms with Crippen LogP contribution >= 0.6 is 0 Å². The molecule has 0 bridgehead atoms. The van der Waals surface area contributed by atoms with E-state index in [1.165, 1.54) is 5.56 Å². The minimum atomic E-state index is -0.0959. The fourth-order valence-corrected chi connectivity index (χ4v) is 2.83. The zero-order valence-electron chi connectivity index (χ0n) is 12.1. The van der Waals surface area contributed by atoms with Crippen LogP contribution in [0.5, 0.6) is 0 Å². The summed E-state index contributed by atoms with van der Waals surface area (Å²) in [4.78, 5) is 2.49. The van der Waals surface area contributed by atoms with Gasteiger partial charge in [-0.15, -0.1) is 0 Å². The van der Waals surface area contributed by atoms with E-state index in [1.54, 1.807) is 0 Å². The van der Waals surface area contributed by atoms with Crippen LogP contribution in [0.3, 0.4) is 0 Å². The van der Waals surface area contributed by atoms with Crippen LogP contribution in [0.4, 0.5) is 0 Å². The van der Waals surface area contributed by atoms with Gasteiger partial charge in [-0.25, -0.2) is 0 Å². The first-order chi connectivity index (χ1) is 9.13. The standard InChI is InChI=1S/C16H26N2O/c1-14(2)19-16(13-17)8-10-18(11-9-16)12-15-6-4-3-5-7-15/h3-7,14H,8-13,17H2,1-2H3. The first kappa shape index (κ1) is 14.5. The SMILES string of the molecule is CC(C)OC1(CN)CCN(Cc2ccccc2)CC1. The van der Waals surface area contributed by atoms with Gasteiger partial charge < -0.3 is 10.5 Å². The largest absolute Gasteiger partial charge is 0.371 e. The zero-order chi connectivity index (χ0) is 13.7. The Morgan fingerprint density at radius 1 is 1.21 bits per heavy atom. The molecule has 0 amide bonds. The number of piperidine rings is 1. The van der Waals surface area contributed by atoms with Gasteiger partial charge in [0, 0.05) is 26.2 Å². The summed E-state index contributed by atoms with van der Waals surface area (Å²) in [5.74, 6) is 0. The van der Waals surface area contributed by atoms with Crippen molar-refractivity contribution < 1.29 is 4.74 Å². The third-order valence-electron chi connectivity index (χ3n) is 3.87. The second kappa shape index (κ2) is 6.51.